The summed E-state index contributed by atoms with van der Waals surface area (Å²) >= 11 is 11.8. The molecule has 0 amide bonds. The van der Waals surface area contributed by atoms with Crippen LogP contribution in [0.1, 0.15) is 22.8 Å². The van der Waals surface area contributed by atoms with Gasteiger partial charge in [0.05, 0.1) is 15.6 Å². The summed E-state index contributed by atoms with van der Waals surface area (Å²) in [4.78, 5) is 24.2. The molecule has 0 aromatic heterocycles. The number of carbonyl (C=O) groups is 2. The molecule has 21 heavy (non-hydrogen) atoms. The molecule has 0 N–H and O–H groups in total. The lowest BCUT2D eigenvalue weighted by atomic mass is 9.98. The highest BCUT2D eigenvalue weighted by atomic mass is 35.5. The van der Waals surface area contributed by atoms with Crippen LogP contribution in [0.5, 0.6) is 0 Å². The van der Waals surface area contributed by atoms with E-state index in [9.17, 15) is 9.59 Å². The summed E-state index contributed by atoms with van der Waals surface area (Å²) in [6.07, 6.45) is 1.53. The van der Waals surface area contributed by atoms with Crippen molar-refractivity contribution in [3.8, 4) is 0 Å². The second kappa shape index (κ2) is 6.70. The fourth-order valence-electron chi connectivity index (χ4n) is 1.84. The van der Waals surface area contributed by atoms with Crippen LogP contribution in [-0.2, 0) is 4.79 Å². The lowest BCUT2D eigenvalue weighted by molar-refractivity contribution is -0.113. The molecular weight excluding hydrogens is 307 g/mol. The van der Waals surface area contributed by atoms with Crippen LogP contribution in [0.2, 0.25) is 10.0 Å². The van der Waals surface area contributed by atoms with Crippen molar-refractivity contribution in [3.63, 3.8) is 0 Å². The molecule has 0 saturated heterocycles. The molecule has 0 aliphatic heterocycles. The molecule has 0 saturated carbocycles. The SMILES string of the molecule is CC(=O)/C(=C\c1ccc(Cl)c(Cl)c1)C(=O)c1ccccc1. The molecule has 0 aliphatic rings. The number of halogens is 2. The third kappa shape index (κ3) is 3.81. The molecule has 2 rings (SSSR count). The molecule has 106 valence electrons. The maximum Gasteiger partial charge on any atom is 0.196 e. The van der Waals surface area contributed by atoms with E-state index in [1.54, 1.807) is 42.5 Å². The van der Waals surface area contributed by atoms with Gasteiger partial charge in [-0.25, -0.2) is 0 Å². The number of benzene rings is 2. The Labute approximate surface area is 133 Å². The summed E-state index contributed by atoms with van der Waals surface area (Å²) in [6.45, 7) is 1.37. The minimum atomic E-state index is -0.311. The van der Waals surface area contributed by atoms with Gasteiger partial charge in [-0.2, -0.15) is 0 Å². The van der Waals surface area contributed by atoms with Crippen LogP contribution < -0.4 is 0 Å². The van der Waals surface area contributed by atoms with Crippen LogP contribution >= 0.6 is 23.2 Å². The predicted octanol–water partition coefficient (Wildman–Crippen LogP) is 4.85. The highest BCUT2D eigenvalue weighted by Gasteiger charge is 2.16. The summed E-state index contributed by atoms with van der Waals surface area (Å²) in [7, 11) is 0. The molecule has 0 bridgehead atoms. The first-order valence-corrected chi connectivity index (χ1v) is 7.02. The Morgan fingerprint density at radius 2 is 1.62 bits per heavy atom. The van der Waals surface area contributed by atoms with Crippen molar-refractivity contribution in [2.45, 2.75) is 6.92 Å². The average molecular weight is 319 g/mol. The topological polar surface area (TPSA) is 34.1 Å². The number of hydrogen-bond acceptors (Lipinski definition) is 2. The van der Waals surface area contributed by atoms with Crippen molar-refractivity contribution in [2.75, 3.05) is 0 Å². The van der Waals surface area contributed by atoms with Gasteiger partial charge in [0.25, 0.3) is 0 Å². The lowest BCUT2D eigenvalue weighted by Gasteiger charge is -2.04. The third-order valence-electron chi connectivity index (χ3n) is 2.91. The maximum absolute atomic E-state index is 12.4. The van der Waals surface area contributed by atoms with Crippen LogP contribution in [0.3, 0.4) is 0 Å². The summed E-state index contributed by atoms with van der Waals surface area (Å²) in [6, 6.07) is 13.6. The predicted molar refractivity (Wildman–Crippen MR) is 85.9 cm³/mol. The number of ketones is 2. The van der Waals surface area contributed by atoms with E-state index >= 15 is 0 Å². The highest BCUT2D eigenvalue weighted by Crippen LogP contribution is 2.24. The van der Waals surface area contributed by atoms with Crippen molar-refractivity contribution in [1.82, 2.24) is 0 Å². The second-order valence-electron chi connectivity index (χ2n) is 4.48. The molecule has 0 radical (unpaired) electrons. The summed E-state index contributed by atoms with van der Waals surface area (Å²) in [5.74, 6) is -0.607. The normalized spacial score (nSPS) is 11.3. The van der Waals surface area contributed by atoms with Crippen molar-refractivity contribution in [1.29, 1.82) is 0 Å². The molecule has 2 aromatic carbocycles. The highest BCUT2D eigenvalue weighted by molar-refractivity contribution is 6.42. The minimum absolute atomic E-state index is 0.111. The van der Waals surface area contributed by atoms with Crippen molar-refractivity contribution in [2.24, 2.45) is 0 Å². The van der Waals surface area contributed by atoms with Crippen molar-refractivity contribution < 1.29 is 9.59 Å². The van der Waals surface area contributed by atoms with Crippen molar-refractivity contribution in [3.05, 3.63) is 75.3 Å². The van der Waals surface area contributed by atoms with Gasteiger partial charge in [0.1, 0.15) is 0 Å². The Kier molecular flexibility index (Phi) is 4.94. The Balaban J connectivity index is 2.43. The second-order valence-corrected chi connectivity index (χ2v) is 5.30. The molecule has 0 fully saturated rings. The monoisotopic (exact) mass is 318 g/mol. The Hall–Kier alpha value is -1.90. The van der Waals surface area contributed by atoms with Crippen LogP contribution in [0.25, 0.3) is 6.08 Å². The first kappa shape index (κ1) is 15.5. The van der Waals surface area contributed by atoms with E-state index in [-0.39, 0.29) is 17.1 Å². The van der Waals surface area contributed by atoms with Gasteiger partial charge in [0, 0.05) is 5.56 Å². The minimum Gasteiger partial charge on any atom is -0.294 e. The van der Waals surface area contributed by atoms with E-state index in [2.05, 4.69) is 0 Å². The summed E-state index contributed by atoms with van der Waals surface area (Å²) < 4.78 is 0. The molecule has 2 aromatic rings. The Morgan fingerprint density at radius 1 is 0.952 bits per heavy atom. The molecule has 2 nitrogen and oxygen atoms in total. The summed E-state index contributed by atoms with van der Waals surface area (Å²) in [5, 5.41) is 0.799. The van der Waals surface area contributed by atoms with Crippen LogP contribution in [0.15, 0.2) is 54.1 Å². The summed E-state index contributed by atoms with van der Waals surface area (Å²) in [5.41, 5.74) is 1.23. The van der Waals surface area contributed by atoms with Crippen LogP contribution in [0, 0.1) is 0 Å². The van der Waals surface area contributed by atoms with Gasteiger partial charge in [-0.05, 0) is 30.7 Å². The molecule has 4 heteroatoms. The van der Waals surface area contributed by atoms with E-state index in [0.717, 1.165) is 0 Å². The Bertz CT molecular complexity index is 719. The van der Waals surface area contributed by atoms with E-state index in [1.807, 2.05) is 6.07 Å². The fraction of sp³-hybridized carbons (Fsp3) is 0.0588. The standard InChI is InChI=1S/C17H12Cl2O2/c1-11(20)14(17(21)13-5-3-2-4-6-13)9-12-7-8-15(18)16(19)10-12/h2-10H,1H3/b14-9+. The maximum atomic E-state index is 12.4. The van der Waals surface area contributed by atoms with Gasteiger partial charge in [0.15, 0.2) is 11.6 Å². The van der Waals surface area contributed by atoms with Gasteiger partial charge in [0.2, 0.25) is 0 Å². The number of Topliss-reactive ketones (excluding diaryl/α,β-unsaturated/α-hetero) is 2. The number of hydrogen-bond donors (Lipinski definition) is 0. The van der Waals surface area contributed by atoms with Crippen LogP contribution in [0.4, 0.5) is 0 Å². The van der Waals surface area contributed by atoms with E-state index in [1.165, 1.54) is 13.0 Å². The molecule has 0 aliphatic carbocycles. The number of rotatable bonds is 4. The van der Waals surface area contributed by atoms with E-state index in [0.29, 0.717) is 21.2 Å². The smallest absolute Gasteiger partial charge is 0.196 e. The first-order chi connectivity index (χ1) is 9.99. The van der Waals surface area contributed by atoms with Gasteiger partial charge in [-0.15, -0.1) is 0 Å². The Morgan fingerprint density at radius 3 is 2.19 bits per heavy atom. The van der Waals surface area contributed by atoms with E-state index < -0.39 is 0 Å². The number of allylic oxidation sites excluding steroid dienone is 1. The van der Waals surface area contributed by atoms with Crippen LogP contribution in [-0.4, -0.2) is 11.6 Å². The van der Waals surface area contributed by atoms with Gasteiger partial charge >= 0.3 is 0 Å². The quantitative estimate of drug-likeness (QED) is 0.349. The molecule has 0 spiro atoms. The number of carbonyl (C=O) groups excluding carboxylic acids is 2. The zero-order valence-corrected chi connectivity index (χ0v) is 12.8. The zero-order chi connectivity index (χ0) is 15.4. The van der Waals surface area contributed by atoms with Gasteiger partial charge in [-0.1, -0.05) is 59.6 Å². The average Bonchev–Trinajstić information content (AvgIpc) is 2.48. The molecule has 0 unspecified atom stereocenters. The largest absolute Gasteiger partial charge is 0.294 e. The lowest BCUT2D eigenvalue weighted by Crippen LogP contribution is -2.10. The van der Waals surface area contributed by atoms with Gasteiger partial charge < -0.3 is 0 Å². The van der Waals surface area contributed by atoms with E-state index in [4.69, 9.17) is 23.2 Å². The molecule has 0 heterocycles. The van der Waals surface area contributed by atoms with Gasteiger partial charge in [-0.3, -0.25) is 9.59 Å². The first-order valence-electron chi connectivity index (χ1n) is 6.26. The zero-order valence-electron chi connectivity index (χ0n) is 11.3. The molecular formula is C17H12Cl2O2. The molecule has 0 atom stereocenters. The third-order valence-corrected chi connectivity index (χ3v) is 3.65. The fourth-order valence-corrected chi connectivity index (χ4v) is 2.15. The van der Waals surface area contributed by atoms with Crippen molar-refractivity contribution >= 4 is 40.8 Å².